The van der Waals surface area contributed by atoms with E-state index in [4.69, 9.17) is 4.74 Å². The van der Waals surface area contributed by atoms with E-state index in [0.717, 1.165) is 25.7 Å². The maximum Gasteiger partial charge on any atom is 0.129 e. The number of aliphatic hydroxyl groups is 4. The van der Waals surface area contributed by atoms with Gasteiger partial charge < -0.3 is 25.2 Å². The van der Waals surface area contributed by atoms with Crippen molar-refractivity contribution in [2.45, 2.75) is 218 Å². The summed E-state index contributed by atoms with van der Waals surface area (Å²) in [6.45, 7) is 3.38. The van der Waals surface area contributed by atoms with Gasteiger partial charge in [-0.3, -0.25) is 0 Å². The monoisotopic (exact) mass is 667 g/mol. The molecule has 4 N–H and O–H groups in total. The smallest absolute Gasteiger partial charge is 0.129 e. The summed E-state index contributed by atoms with van der Waals surface area (Å²) < 4.78 is 5.58. The third-order valence-corrected chi connectivity index (χ3v) is 9.56. The van der Waals surface area contributed by atoms with Crippen LogP contribution in [-0.2, 0) is 4.74 Å². The molecule has 0 aromatic heterocycles. The minimum absolute atomic E-state index is 0.131. The number of aliphatic hydroxyl groups excluding tert-OH is 2. The first kappa shape index (κ1) is 46.3. The van der Waals surface area contributed by atoms with Gasteiger partial charge in [-0.1, -0.05) is 205 Å². The minimum Gasteiger partial charge on any atom is -0.393 e. The SMILES string of the molecule is CCCCCCCCCCCCCCCCC=CC(O)(CO)COCC(O)(C=CCCCCCCCCCCCCCCCC)CO. The van der Waals surface area contributed by atoms with Crippen LogP contribution >= 0.6 is 0 Å². The predicted octanol–water partition coefficient (Wildman–Crippen LogP) is 11.3. The zero-order chi connectivity index (χ0) is 34.6. The van der Waals surface area contributed by atoms with Gasteiger partial charge in [-0.2, -0.15) is 0 Å². The first-order chi connectivity index (χ1) is 22.9. The average molecular weight is 667 g/mol. The Morgan fingerprint density at radius 3 is 0.851 bits per heavy atom. The van der Waals surface area contributed by atoms with Gasteiger partial charge in [0.2, 0.25) is 0 Å². The van der Waals surface area contributed by atoms with Crippen LogP contribution in [0, 0.1) is 0 Å². The van der Waals surface area contributed by atoms with Crippen molar-refractivity contribution in [1.82, 2.24) is 0 Å². The second-order valence-corrected chi connectivity index (χ2v) is 14.6. The topological polar surface area (TPSA) is 90.2 Å². The molecule has 0 aliphatic carbocycles. The van der Waals surface area contributed by atoms with Crippen molar-refractivity contribution in [3.8, 4) is 0 Å². The lowest BCUT2D eigenvalue weighted by atomic mass is 10.0. The van der Waals surface area contributed by atoms with Crippen molar-refractivity contribution in [2.75, 3.05) is 26.4 Å². The Hall–Kier alpha value is -0.720. The molecule has 2 unspecified atom stereocenters. The van der Waals surface area contributed by atoms with Crippen LogP contribution in [0.5, 0.6) is 0 Å². The molecule has 0 aliphatic heterocycles. The molecule has 0 rings (SSSR count). The zero-order valence-electron chi connectivity index (χ0n) is 31.5. The number of allylic oxidation sites excluding steroid dienone is 2. The van der Waals surface area contributed by atoms with Crippen LogP contribution in [0.3, 0.4) is 0 Å². The van der Waals surface area contributed by atoms with E-state index in [-0.39, 0.29) is 13.2 Å². The van der Waals surface area contributed by atoms with E-state index in [2.05, 4.69) is 13.8 Å². The molecule has 0 heterocycles. The molecule has 0 aromatic rings. The second kappa shape index (κ2) is 35.1. The summed E-state index contributed by atoms with van der Waals surface area (Å²) in [6.07, 6.45) is 46.1. The summed E-state index contributed by atoms with van der Waals surface area (Å²) in [5, 5.41) is 40.9. The number of unbranched alkanes of at least 4 members (excludes halogenated alkanes) is 28. The Balaban J connectivity index is 3.85. The summed E-state index contributed by atoms with van der Waals surface area (Å²) >= 11 is 0. The lowest BCUT2D eigenvalue weighted by molar-refractivity contribution is -0.0916. The van der Waals surface area contributed by atoms with Crippen LogP contribution in [0.1, 0.15) is 206 Å². The molecule has 2 atom stereocenters. The Morgan fingerprint density at radius 2 is 0.617 bits per heavy atom. The normalized spacial score (nSPS) is 14.8. The van der Waals surface area contributed by atoms with Crippen molar-refractivity contribution in [2.24, 2.45) is 0 Å². The lowest BCUT2D eigenvalue weighted by Crippen LogP contribution is -2.41. The predicted molar refractivity (Wildman–Crippen MR) is 203 cm³/mol. The second-order valence-electron chi connectivity index (χ2n) is 14.6. The van der Waals surface area contributed by atoms with E-state index in [1.807, 2.05) is 12.2 Å². The van der Waals surface area contributed by atoms with E-state index < -0.39 is 24.4 Å². The molecule has 5 heteroatoms. The largest absolute Gasteiger partial charge is 0.393 e. The van der Waals surface area contributed by atoms with Gasteiger partial charge in [0.05, 0.1) is 26.4 Å². The number of ether oxygens (including phenoxy) is 1. The Labute approximate surface area is 293 Å². The molecule has 280 valence electrons. The minimum atomic E-state index is -1.48. The van der Waals surface area contributed by atoms with Crippen LogP contribution in [0.4, 0.5) is 0 Å². The van der Waals surface area contributed by atoms with Gasteiger partial charge in [0.25, 0.3) is 0 Å². The molecular formula is C42H82O5. The van der Waals surface area contributed by atoms with E-state index in [0.29, 0.717) is 0 Å². The lowest BCUT2D eigenvalue weighted by Gasteiger charge is -2.26. The molecule has 0 saturated carbocycles. The fraction of sp³-hybridized carbons (Fsp3) is 0.905. The van der Waals surface area contributed by atoms with Crippen LogP contribution in [0.25, 0.3) is 0 Å². The summed E-state index contributed by atoms with van der Waals surface area (Å²) in [5.41, 5.74) is -2.96. The van der Waals surface area contributed by atoms with Crippen molar-refractivity contribution < 1.29 is 25.2 Å². The summed E-state index contributed by atoms with van der Waals surface area (Å²) in [7, 11) is 0. The average Bonchev–Trinajstić information content (AvgIpc) is 3.08. The highest BCUT2D eigenvalue weighted by molar-refractivity contribution is 5.03. The van der Waals surface area contributed by atoms with E-state index in [1.54, 1.807) is 12.2 Å². The van der Waals surface area contributed by atoms with Gasteiger partial charge in [0.15, 0.2) is 0 Å². The first-order valence-corrected chi connectivity index (χ1v) is 20.5. The fourth-order valence-corrected chi connectivity index (χ4v) is 6.22. The van der Waals surface area contributed by atoms with Crippen LogP contribution in [0.15, 0.2) is 24.3 Å². The Kier molecular flexibility index (Phi) is 34.6. The maximum absolute atomic E-state index is 10.7. The molecule has 47 heavy (non-hydrogen) atoms. The molecule has 5 nitrogen and oxygen atoms in total. The summed E-state index contributed by atoms with van der Waals surface area (Å²) in [5.74, 6) is 0. The van der Waals surface area contributed by atoms with Crippen LogP contribution < -0.4 is 0 Å². The van der Waals surface area contributed by atoms with Crippen molar-refractivity contribution in [3.63, 3.8) is 0 Å². The highest BCUT2D eigenvalue weighted by atomic mass is 16.5. The molecule has 0 saturated heterocycles. The van der Waals surface area contributed by atoms with Gasteiger partial charge in [0, 0.05) is 0 Å². The van der Waals surface area contributed by atoms with Crippen molar-refractivity contribution >= 4 is 0 Å². The van der Waals surface area contributed by atoms with Crippen LogP contribution in [0.2, 0.25) is 0 Å². The van der Waals surface area contributed by atoms with Crippen molar-refractivity contribution in [1.29, 1.82) is 0 Å². The van der Waals surface area contributed by atoms with Crippen molar-refractivity contribution in [3.05, 3.63) is 24.3 Å². The Morgan fingerprint density at radius 1 is 0.383 bits per heavy atom. The van der Waals surface area contributed by atoms with Gasteiger partial charge in [-0.25, -0.2) is 0 Å². The highest BCUT2D eigenvalue weighted by Crippen LogP contribution is 2.17. The molecule has 0 bridgehead atoms. The zero-order valence-corrected chi connectivity index (χ0v) is 31.5. The standard InChI is InChI=1S/C42H82O5/c1-3-5-7-9-11-13-15-17-19-21-23-25-27-29-31-33-35-41(45,37-43)39-47-40-42(46,38-44)36-34-32-30-28-26-24-22-20-18-16-14-12-10-8-6-4-2/h33-36,43-46H,3-32,37-40H2,1-2H3. The summed E-state index contributed by atoms with van der Waals surface area (Å²) in [6, 6.07) is 0. The number of rotatable bonds is 38. The fourth-order valence-electron chi connectivity index (χ4n) is 6.22. The van der Waals surface area contributed by atoms with E-state index in [1.165, 1.54) is 167 Å². The maximum atomic E-state index is 10.7. The Bertz CT molecular complexity index is 624. The third-order valence-electron chi connectivity index (χ3n) is 9.56. The number of hydrogen-bond donors (Lipinski definition) is 4. The molecule has 0 radical (unpaired) electrons. The summed E-state index contributed by atoms with van der Waals surface area (Å²) in [4.78, 5) is 0. The highest BCUT2D eigenvalue weighted by Gasteiger charge is 2.27. The van der Waals surface area contributed by atoms with Gasteiger partial charge in [0.1, 0.15) is 11.2 Å². The van der Waals surface area contributed by atoms with E-state index >= 15 is 0 Å². The van der Waals surface area contributed by atoms with Gasteiger partial charge in [-0.05, 0) is 25.7 Å². The van der Waals surface area contributed by atoms with Crippen LogP contribution in [-0.4, -0.2) is 58.1 Å². The molecular weight excluding hydrogens is 584 g/mol. The molecule has 0 aromatic carbocycles. The molecule has 0 fully saturated rings. The number of hydrogen-bond acceptors (Lipinski definition) is 5. The molecule has 0 spiro atoms. The first-order valence-electron chi connectivity index (χ1n) is 20.5. The van der Waals surface area contributed by atoms with E-state index in [9.17, 15) is 20.4 Å². The molecule has 0 aliphatic rings. The van der Waals surface area contributed by atoms with Gasteiger partial charge >= 0.3 is 0 Å². The quantitative estimate of drug-likeness (QED) is 0.0389. The molecule has 0 amide bonds. The third kappa shape index (κ3) is 32.3. The van der Waals surface area contributed by atoms with Gasteiger partial charge in [-0.15, -0.1) is 0 Å².